The highest BCUT2D eigenvalue weighted by molar-refractivity contribution is 5.34. The molecule has 0 aromatic carbocycles. The summed E-state index contributed by atoms with van der Waals surface area (Å²) in [5.41, 5.74) is 1.15. The standard InChI is InChI=1S/C17H28N4O/c1-2-8-18-15(3-1)4-5-16-11-17(21-13-20-16)19-12-14-6-9-22-10-7-14/h11,13-15,18H,1-10,12H2,(H,19,20,21)/t15-/m0/s1. The van der Waals surface area contributed by atoms with Crippen molar-refractivity contribution in [1.82, 2.24) is 15.3 Å². The number of hydrogen-bond donors (Lipinski definition) is 2. The van der Waals surface area contributed by atoms with E-state index in [1.54, 1.807) is 6.33 Å². The largest absolute Gasteiger partial charge is 0.381 e. The summed E-state index contributed by atoms with van der Waals surface area (Å²) >= 11 is 0. The second kappa shape index (κ2) is 8.44. The average Bonchev–Trinajstić information content (AvgIpc) is 2.60. The van der Waals surface area contributed by atoms with E-state index in [1.165, 1.54) is 32.2 Å². The van der Waals surface area contributed by atoms with Crippen molar-refractivity contribution >= 4 is 5.82 Å². The maximum atomic E-state index is 5.40. The van der Waals surface area contributed by atoms with Gasteiger partial charge in [0.05, 0.1) is 0 Å². The predicted molar refractivity (Wildman–Crippen MR) is 88.0 cm³/mol. The van der Waals surface area contributed by atoms with Crippen LogP contribution in [0.1, 0.15) is 44.2 Å². The Morgan fingerprint density at radius 1 is 1.18 bits per heavy atom. The molecule has 0 bridgehead atoms. The lowest BCUT2D eigenvalue weighted by atomic mass is 9.99. The van der Waals surface area contributed by atoms with Crippen LogP contribution >= 0.6 is 0 Å². The third-order valence-corrected chi connectivity index (χ3v) is 4.80. The van der Waals surface area contributed by atoms with Crippen LogP contribution in [0.2, 0.25) is 0 Å². The molecule has 0 spiro atoms. The van der Waals surface area contributed by atoms with Crippen LogP contribution in [0.5, 0.6) is 0 Å². The van der Waals surface area contributed by atoms with Crippen molar-refractivity contribution in [3.8, 4) is 0 Å². The van der Waals surface area contributed by atoms with Gasteiger partial charge in [0.2, 0.25) is 0 Å². The van der Waals surface area contributed by atoms with E-state index >= 15 is 0 Å². The van der Waals surface area contributed by atoms with Crippen LogP contribution in [0.3, 0.4) is 0 Å². The Morgan fingerprint density at radius 2 is 2.09 bits per heavy atom. The van der Waals surface area contributed by atoms with Gasteiger partial charge in [0.25, 0.3) is 0 Å². The van der Waals surface area contributed by atoms with Gasteiger partial charge < -0.3 is 15.4 Å². The quantitative estimate of drug-likeness (QED) is 0.845. The number of rotatable bonds is 6. The number of piperidine rings is 1. The molecule has 2 aliphatic rings. The van der Waals surface area contributed by atoms with Gasteiger partial charge in [0.15, 0.2) is 0 Å². The van der Waals surface area contributed by atoms with Gasteiger partial charge >= 0.3 is 0 Å². The molecule has 0 amide bonds. The van der Waals surface area contributed by atoms with E-state index in [0.29, 0.717) is 12.0 Å². The molecule has 5 nitrogen and oxygen atoms in total. The zero-order valence-electron chi connectivity index (χ0n) is 13.4. The number of nitrogens with zero attached hydrogens (tertiary/aromatic N) is 2. The lowest BCUT2D eigenvalue weighted by Crippen LogP contribution is -2.34. The van der Waals surface area contributed by atoms with Crippen LogP contribution in [-0.4, -0.2) is 42.3 Å². The monoisotopic (exact) mass is 304 g/mol. The summed E-state index contributed by atoms with van der Waals surface area (Å²) in [4.78, 5) is 8.77. The molecule has 1 aromatic rings. The number of ether oxygens (including phenoxy) is 1. The summed E-state index contributed by atoms with van der Waals surface area (Å²) in [6, 6.07) is 2.78. The first-order valence-corrected chi connectivity index (χ1v) is 8.76. The van der Waals surface area contributed by atoms with Crippen molar-refractivity contribution in [2.45, 2.75) is 51.0 Å². The van der Waals surface area contributed by atoms with Crippen molar-refractivity contribution in [1.29, 1.82) is 0 Å². The number of nitrogens with one attached hydrogen (secondary N) is 2. The number of aromatic nitrogens is 2. The van der Waals surface area contributed by atoms with Crippen LogP contribution in [0.4, 0.5) is 5.82 Å². The normalized spacial score (nSPS) is 23.4. The molecular formula is C17H28N4O. The van der Waals surface area contributed by atoms with E-state index < -0.39 is 0 Å². The van der Waals surface area contributed by atoms with E-state index in [1.807, 2.05) is 0 Å². The average molecular weight is 304 g/mol. The molecule has 2 fully saturated rings. The first kappa shape index (κ1) is 15.7. The van der Waals surface area contributed by atoms with Gasteiger partial charge in [-0.1, -0.05) is 6.42 Å². The fourth-order valence-corrected chi connectivity index (χ4v) is 3.32. The Bertz CT molecular complexity index is 405. The summed E-state index contributed by atoms with van der Waals surface area (Å²) in [5.74, 6) is 1.67. The number of anilines is 1. The van der Waals surface area contributed by atoms with Gasteiger partial charge in [0.1, 0.15) is 12.1 Å². The van der Waals surface area contributed by atoms with Gasteiger partial charge in [-0.05, 0) is 51.0 Å². The zero-order chi connectivity index (χ0) is 15.0. The smallest absolute Gasteiger partial charge is 0.129 e. The molecule has 1 atom stereocenters. The highest BCUT2D eigenvalue weighted by Crippen LogP contribution is 2.16. The van der Waals surface area contributed by atoms with Gasteiger partial charge in [-0.25, -0.2) is 9.97 Å². The van der Waals surface area contributed by atoms with Crippen molar-refractivity contribution < 1.29 is 4.74 Å². The molecular weight excluding hydrogens is 276 g/mol. The lowest BCUT2D eigenvalue weighted by Gasteiger charge is -2.23. The third kappa shape index (κ3) is 4.92. The minimum atomic E-state index is 0.669. The molecule has 22 heavy (non-hydrogen) atoms. The Balaban J connectivity index is 1.44. The van der Waals surface area contributed by atoms with Gasteiger partial charge in [0, 0.05) is 37.6 Å². The van der Waals surface area contributed by atoms with E-state index in [0.717, 1.165) is 50.5 Å². The van der Waals surface area contributed by atoms with Gasteiger partial charge in [-0.15, -0.1) is 0 Å². The maximum Gasteiger partial charge on any atom is 0.129 e. The zero-order valence-corrected chi connectivity index (χ0v) is 13.4. The minimum Gasteiger partial charge on any atom is -0.381 e. The van der Waals surface area contributed by atoms with E-state index in [2.05, 4.69) is 26.7 Å². The Morgan fingerprint density at radius 3 is 2.91 bits per heavy atom. The number of aryl methyl sites for hydroxylation is 1. The molecule has 2 saturated heterocycles. The van der Waals surface area contributed by atoms with Crippen molar-refractivity contribution in [2.24, 2.45) is 5.92 Å². The summed E-state index contributed by atoms with van der Waals surface area (Å²) in [7, 11) is 0. The van der Waals surface area contributed by atoms with Crippen molar-refractivity contribution in [3.63, 3.8) is 0 Å². The summed E-state index contributed by atoms with van der Waals surface area (Å²) in [5, 5.41) is 7.07. The Kier molecular flexibility index (Phi) is 6.02. The molecule has 5 heteroatoms. The summed E-state index contributed by atoms with van der Waals surface area (Å²) in [6.07, 6.45) is 10.2. The second-order valence-corrected chi connectivity index (χ2v) is 6.52. The first-order chi connectivity index (χ1) is 10.9. The molecule has 122 valence electrons. The maximum absolute atomic E-state index is 5.40. The molecule has 3 heterocycles. The van der Waals surface area contributed by atoms with Gasteiger partial charge in [-0.2, -0.15) is 0 Å². The lowest BCUT2D eigenvalue weighted by molar-refractivity contribution is 0.0699. The van der Waals surface area contributed by atoms with Gasteiger partial charge in [-0.3, -0.25) is 0 Å². The van der Waals surface area contributed by atoms with Crippen LogP contribution in [0, 0.1) is 5.92 Å². The summed E-state index contributed by atoms with van der Waals surface area (Å²) < 4.78 is 5.40. The van der Waals surface area contributed by atoms with Crippen LogP contribution in [0.25, 0.3) is 0 Å². The van der Waals surface area contributed by atoms with Crippen LogP contribution < -0.4 is 10.6 Å². The minimum absolute atomic E-state index is 0.669. The molecule has 0 radical (unpaired) electrons. The van der Waals surface area contributed by atoms with E-state index in [4.69, 9.17) is 4.74 Å². The molecule has 0 aliphatic carbocycles. The van der Waals surface area contributed by atoms with Crippen LogP contribution in [0.15, 0.2) is 12.4 Å². The predicted octanol–water partition coefficient (Wildman–Crippen LogP) is 2.39. The highest BCUT2D eigenvalue weighted by atomic mass is 16.5. The fraction of sp³-hybridized carbons (Fsp3) is 0.765. The van der Waals surface area contributed by atoms with E-state index in [-0.39, 0.29) is 0 Å². The Labute approximate surface area is 133 Å². The molecule has 2 aliphatic heterocycles. The molecule has 2 N–H and O–H groups in total. The van der Waals surface area contributed by atoms with Crippen molar-refractivity contribution in [3.05, 3.63) is 18.1 Å². The molecule has 1 aromatic heterocycles. The third-order valence-electron chi connectivity index (χ3n) is 4.80. The SMILES string of the molecule is c1nc(CC[C@@H]2CCCCN2)cc(NCC2CCOCC2)n1. The Hall–Kier alpha value is -1.20. The molecule has 3 rings (SSSR count). The van der Waals surface area contributed by atoms with Crippen LogP contribution in [-0.2, 0) is 11.2 Å². The number of hydrogen-bond acceptors (Lipinski definition) is 5. The summed E-state index contributed by atoms with van der Waals surface area (Å²) in [6.45, 7) is 3.96. The second-order valence-electron chi connectivity index (χ2n) is 6.52. The van der Waals surface area contributed by atoms with E-state index in [9.17, 15) is 0 Å². The fourth-order valence-electron chi connectivity index (χ4n) is 3.32. The van der Waals surface area contributed by atoms with Crippen molar-refractivity contribution in [2.75, 3.05) is 31.6 Å². The topological polar surface area (TPSA) is 59.1 Å². The first-order valence-electron chi connectivity index (χ1n) is 8.76. The highest BCUT2D eigenvalue weighted by Gasteiger charge is 2.14. The molecule has 0 saturated carbocycles. The molecule has 0 unspecified atom stereocenters.